The van der Waals surface area contributed by atoms with Crippen LogP contribution in [0.25, 0.3) is 0 Å². The Bertz CT molecular complexity index is 1910. The van der Waals surface area contributed by atoms with Crippen LogP contribution < -0.4 is 33.0 Å². The minimum Gasteiger partial charge on any atom is -0.320 e. The highest BCUT2D eigenvalue weighted by molar-refractivity contribution is 5.89. The predicted molar refractivity (Wildman–Crippen MR) is 360 cm³/mol. The first kappa shape index (κ1) is 80.2. The number of oxime groups is 3. The standard InChI is InChI=1S/C69H129N9O9/c1-13-19-31-43-55(7)61(56(8)44-32-20-14-2)73-85-64(79)70-49-37-25-28-40-52-76-67(82)77(53-41-29-26-38-50-71-65(80)86-74-62(57(9)45-33-21-15-3)58(10)46-34-22-16-4)69(84)78(68(76)83)54-42-30-27-39-51-72-66(81)87-75-63(59(11)47-35-23-17-5)60(12)48-36-24-18-6/h55-60H,13-54H2,1-12H3,(H,70,79)(H,71,80)(H,72,81). The molecule has 3 N–H and O–H groups in total. The van der Waals surface area contributed by atoms with Crippen molar-refractivity contribution in [3.8, 4) is 0 Å². The predicted octanol–water partition coefficient (Wildman–Crippen LogP) is 17.4. The quantitative estimate of drug-likeness (QED) is 0.0244. The van der Waals surface area contributed by atoms with Crippen molar-refractivity contribution in [2.24, 2.45) is 51.0 Å². The first-order valence-electron chi connectivity index (χ1n) is 35.5. The van der Waals surface area contributed by atoms with E-state index >= 15 is 0 Å². The average molecular weight is 1230 g/mol. The SMILES string of the molecule is CCCCCC(C)C(=NOC(=O)NCCCCCCn1c(=O)n(CCCCCCNC(=O)ON=C(C(C)CCCCC)C(C)CCCCC)c(=O)n(CCCCCCNC(=O)ON=C(C(C)CCCCC)C(C)CCCCC)c1=O)C(C)CCCCC. The Morgan fingerprint density at radius 2 is 0.506 bits per heavy atom. The molecule has 1 aromatic rings. The van der Waals surface area contributed by atoms with E-state index in [1.807, 2.05) is 0 Å². The molecule has 0 bridgehead atoms. The molecule has 0 aliphatic heterocycles. The molecule has 6 unspecified atom stereocenters. The number of nitrogens with zero attached hydrogens (tertiary/aromatic N) is 6. The molecule has 1 rings (SSSR count). The number of amides is 3. The molecule has 0 aromatic carbocycles. The van der Waals surface area contributed by atoms with Gasteiger partial charge in [-0.15, -0.1) is 0 Å². The van der Waals surface area contributed by atoms with Crippen molar-refractivity contribution in [2.75, 3.05) is 19.6 Å². The van der Waals surface area contributed by atoms with E-state index in [4.69, 9.17) is 14.5 Å². The Balaban J connectivity index is 3.03. The van der Waals surface area contributed by atoms with Gasteiger partial charge in [0, 0.05) is 39.3 Å². The maximum absolute atomic E-state index is 14.0. The fourth-order valence-corrected chi connectivity index (χ4v) is 11.5. The molecule has 0 spiro atoms. The normalized spacial score (nSPS) is 13.4. The number of aromatic nitrogens is 3. The highest BCUT2D eigenvalue weighted by atomic mass is 16.7. The van der Waals surface area contributed by atoms with Gasteiger partial charge < -0.3 is 16.0 Å². The van der Waals surface area contributed by atoms with E-state index in [9.17, 15) is 28.8 Å². The molecule has 18 nitrogen and oxygen atoms in total. The van der Waals surface area contributed by atoms with E-state index in [2.05, 4.69) is 115 Å². The minimum absolute atomic E-state index is 0.156. The third kappa shape index (κ3) is 36.5. The summed E-state index contributed by atoms with van der Waals surface area (Å²) in [6, 6.07) is 0. The van der Waals surface area contributed by atoms with E-state index < -0.39 is 35.3 Å². The molecule has 6 atom stereocenters. The molecule has 0 saturated heterocycles. The fourth-order valence-electron chi connectivity index (χ4n) is 11.5. The lowest BCUT2D eigenvalue weighted by atomic mass is 9.87. The Labute approximate surface area is 527 Å². The monoisotopic (exact) mass is 1230 g/mol. The second-order valence-electron chi connectivity index (χ2n) is 25.4. The van der Waals surface area contributed by atoms with Gasteiger partial charge in [-0.25, -0.2) is 42.5 Å². The van der Waals surface area contributed by atoms with Crippen LogP contribution in [0.5, 0.6) is 0 Å². The zero-order valence-electron chi connectivity index (χ0n) is 57.5. The molecular weight excluding hydrogens is 1100 g/mol. The van der Waals surface area contributed by atoms with Crippen LogP contribution >= 0.6 is 0 Å². The molecule has 1 heterocycles. The number of carbonyl (C=O) groups excluding carboxylic acids is 3. The summed E-state index contributed by atoms with van der Waals surface area (Å²) in [6.45, 7) is 27.9. The van der Waals surface area contributed by atoms with E-state index in [-0.39, 0.29) is 55.1 Å². The zero-order chi connectivity index (χ0) is 64.5. The minimum atomic E-state index is -0.611. The van der Waals surface area contributed by atoms with E-state index in [1.165, 1.54) is 52.2 Å². The second kappa shape index (κ2) is 52.0. The molecular formula is C69H129N9O9. The number of nitrogens with one attached hydrogen (secondary N) is 3. The van der Waals surface area contributed by atoms with Gasteiger partial charge in [0.2, 0.25) is 0 Å². The zero-order valence-corrected chi connectivity index (χ0v) is 57.5. The van der Waals surface area contributed by atoms with E-state index in [0.29, 0.717) is 77.4 Å². The molecule has 1 aromatic heterocycles. The highest BCUT2D eigenvalue weighted by Gasteiger charge is 2.23. The van der Waals surface area contributed by atoms with Gasteiger partial charge in [-0.1, -0.05) is 253 Å². The summed E-state index contributed by atoms with van der Waals surface area (Å²) in [5, 5.41) is 21.7. The third-order valence-electron chi connectivity index (χ3n) is 17.3. The number of carbonyl (C=O) groups is 3. The maximum Gasteiger partial charge on any atom is 0.433 e. The summed E-state index contributed by atoms with van der Waals surface area (Å²) >= 11 is 0. The van der Waals surface area contributed by atoms with Gasteiger partial charge in [-0.05, 0) is 113 Å². The van der Waals surface area contributed by atoms with Gasteiger partial charge in [-0.2, -0.15) is 0 Å². The second-order valence-corrected chi connectivity index (χ2v) is 25.4. The van der Waals surface area contributed by atoms with E-state index in [0.717, 1.165) is 152 Å². The molecule has 0 radical (unpaired) electrons. The molecule has 3 amide bonds. The van der Waals surface area contributed by atoms with Gasteiger partial charge in [0.05, 0.1) is 17.1 Å². The summed E-state index contributed by atoms with van der Waals surface area (Å²) in [6.07, 6.45) is 33.0. The van der Waals surface area contributed by atoms with Crippen LogP contribution in [0.1, 0.15) is 314 Å². The van der Waals surface area contributed by atoms with E-state index in [1.54, 1.807) is 0 Å². The van der Waals surface area contributed by atoms with Crippen molar-refractivity contribution in [3.05, 3.63) is 31.5 Å². The fraction of sp³-hybridized carbons (Fsp3) is 0.870. The van der Waals surface area contributed by atoms with Crippen molar-refractivity contribution in [3.63, 3.8) is 0 Å². The van der Waals surface area contributed by atoms with Crippen LogP contribution in [0.4, 0.5) is 14.4 Å². The number of unbranched alkanes of at least 4 members (excludes halogenated alkanes) is 21. The van der Waals surface area contributed by atoms with Gasteiger partial charge in [0.1, 0.15) is 0 Å². The van der Waals surface area contributed by atoms with Gasteiger partial charge in [0.25, 0.3) is 0 Å². The molecule has 87 heavy (non-hydrogen) atoms. The van der Waals surface area contributed by atoms with Gasteiger partial charge >= 0.3 is 35.3 Å². The smallest absolute Gasteiger partial charge is 0.320 e. The Hall–Kier alpha value is -4.77. The molecule has 0 saturated carbocycles. The lowest BCUT2D eigenvalue weighted by molar-refractivity contribution is 0.148. The largest absolute Gasteiger partial charge is 0.433 e. The van der Waals surface area contributed by atoms with Crippen molar-refractivity contribution in [2.45, 2.75) is 334 Å². The summed E-state index contributed by atoms with van der Waals surface area (Å²) in [7, 11) is 0. The molecule has 0 aliphatic rings. The van der Waals surface area contributed by atoms with Crippen LogP contribution in [0.2, 0.25) is 0 Å². The Morgan fingerprint density at radius 3 is 0.701 bits per heavy atom. The van der Waals surface area contributed by atoms with Crippen LogP contribution in [-0.4, -0.2) is 68.8 Å². The molecule has 0 fully saturated rings. The summed E-state index contributed by atoms with van der Waals surface area (Å²) in [5.74, 6) is 1.41. The summed E-state index contributed by atoms with van der Waals surface area (Å²) in [4.78, 5) is 96.4. The molecule has 18 heteroatoms. The third-order valence-corrected chi connectivity index (χ3v) is 17.3. The van der Waals surface area contributed by atoms with Gasteiger partial charge in [-0.3, -0.25) is 14.5 Å². The molecule has 504 valence electrons. The lowest BCUT2D eigenvalue weighted by Crippen LogP contribution is -2.54. The Kier molecular flexibility index (Phi) is 48.0. The Morgan fingerprint density at radius 1 is 0.310 bits per heavy atom. The topological polar surface area (TPSA) is 218 Å². The first-order chi connectivity index (χ1) is 42.0. The van der Waals surface area contributed by atoms with Crippen molar-refractivity contribution < 1.29 is 28.9 Å². The maximum atomic E-state index is 14.0. The first-order valence-corrected chi connectivity index (χ1v) is 35.5. The van der Waals surface area contributed by atoms with Crippen LogP contribution in [0, 0.1) is 35.5 Å². The number of hydrogen-bond donors (Lipinski definition) is 3. The van der Waals surface area contributed by atoms with Crippen molar-refractivity contribution in [1.29, 1.82) is 0 Å². The van der Waals surface area contributed by atoms with Crippen LogP contribution in [0.15, 0.2) is 29.9 Å². The van der Waals surface area contributed by atoms with Crippen molar-refractivity contribution >= 4 is 35.4 Å². The van der Waals surface area contributed by atoms with Crippen LogP contribution in [0.3, 0.4) is 0 Å². The number of hydrogen-bond acceptors (Lipinski definition) is 12. The lowest BCUT2D eigenvalue weighted by Gasteiger charge is -2.20. The van der Waals surface area contributed by atoms with Gasteiger partial charge in [0.15, 0.2) is 0 Å². The highest BCUT2D eigenvalue weighted by Crippen LogP contribution is 2.24. The van der Waals surface area contributed by atoms with Crippen LogP contribution in [-0.2, 0) is 34.1 Å². The summed E-state index contributed by atoms with van der Waals surface area (Å²) < 4.78 is 3.59. The molecule has 0 aliphatic carbocycles. The summed E-state index contributed by atoms with van der Waals surface area (Å²) in [5.41, 5.74) is 1.02. The van der Waals surface area contributed by atoms with Crippen molar-refractivity contribution in [1.82, 2.24) is 29.7 Å². The average Bonchev–Trinajstić information content (AvgIpc) is 1.21. The number of rotatable bonds is 54.